The molecular weight excluding hydrogens is 299 g/mol. The Morgan fingerprint density at radius 3 is 2.00 bits per heavy atom. The maximum atomic E-state index is 9.60. The molecule has 2 nitrogen and oxygen atoms in total. The van der Waals surface area contributed by atoms with Crippen molar-refractivity contribution in [3.8, 4) is 0 Å². The summed E-state index contributed by atoms with van der Waals surface area (Å²) in [7, 11) is -1.95. The van der Waals surface area contributed by atoms with Crippen LogP contribution in [0.15, 0.2) is 18.2 Å². The molecular formula is C14H22Cl2O2Si. The first-order valence-corrected chi connectivity index (χ1v) is 9.98. The van der Waals surface area contributed by atoms with Gasteiger partial charge in [-0.2, -0.15) is 0 Å². The topological polar surface area (TPSA) is 29.5 Å². The summed E-state index contributed by atoms with van der Waals surface area (Å²) < 4.78 is 6.22. The van der Waals surface area contributed by atoms with Crippen molar-refractivity contribution in [2.24, 2.45) is 0 Å². The number of halogens is 2. The lowest BCUT2D eigenvalue weighted by molar-refractivity contribution is 0.103. The van der Waals surface area contributed by atoms with Crippen LogP contribution in [-0.4, -0.2) is 20.0 Å². The SMILES string of the molecule is CC(C)(C)[Si](C)(C)OC(CO)c1cc(Cl)cc(Cl)c1. The van der Waals surface area contributed by atoms with E-state index in [1.807, 2.05) is 0 Å². The molecule has 0 bridgehead atoms. The quantitative estimate of drug-likeness (QED) is 0.787. The van der Waals surface area contributed by atoms with E-state index in [1.54, 1.807) is 18.2 Å². The highest BCUT2D eigenvalue weighted by molar-refractivity contribution is 6.74. The fraction of sp³-hybridized carbons (Fsp3) is 0.571. The molecule has 1 atom stereocenters. The van der Waals surface area contributed by atoms with E-state index in [0.29, 0.717) is 10.0 Å². The lowest BCUT2D eigenvalue weighted by Crippen LogP contribution is -2.42. The second-order valence-electron chi connectivity index (χ2n) is 6.25. The summed E-state index contributed by atoms with van der Waals surface area (Å²) in [6.07, 6.45) is -0.378. The van der Waals surface area contributed by atoms with E-state index in [1.165, 1.54) is 0 Å². The molecule has 0 fully saturated rings. The van der Waals surface area contributed by atoms with Gasteiger partial charge in [0.05, 0.1) is 12.7 Å². The van der Waals surface area contributed by atoms with Crippen LogP contribution in [-0.2, 0) is 4.43 Å². The predicted octanol–water partition coefficient (Wildman–Crippen LogP) is 5.05. The molecule has 1 aromatic rings. The molecule has 1 rings (SSSR count). The lowest BCUT2D eigenvalue weighted by atomic mass is 10.1. The van der Waals surface area contributed by atoms with Crippen molar-refractivity contribution in [2.45, 2.75) is 45.0 Å². The third kappa shape index (κ3) is 4.47. The Hall–Kier alpha value is -0.0631. The van der Waals surface area contributed by atoms with Gasteiger partial charge in [0, 0.05) is 10.0 Å². The molecule has 5 heteroatoms. The van der Waals surface area contributed by atoms with Crippen LogP contribution in [0.4, 0.5) is 0 Å². The van der Waals surface area contributed by atoms with Crippen molar-refractivity contribution < 1.29 is 9.53 Å². The van der Waals surface area contributed by atoms with Gasteiger partial charge in [-0.3, -0.25) is 0 Å². The van der Waals surface area contributed by atoms with Crippen LogP contribution >= 0.6 is 23.2 Å². The van der Waals surface area contributed by atoms with Crippen LogP contribution < -0.4 is 0 Å². The highest BCUT2D eigenvalue weighted by atomic mass is 35.5. The summed E-state index contributed by atoms with van der Waals surface area (Å²) in [5.74, 6) is 0. The zero-order valence-electron chi connectivity index (χ0n) is 12.1. The van der Waals surface area contributed by atoms with Gasteiger partial charge in [0.15, 0.2) is 8.32 Å². The standard InChI is InChI=1S/C14H22Cl2O2Si/c1-14(2,3)19(4,5)18-13(9-17)10-6-11(15)8-12(16)7-10/h6-8,13,17H,9H2,1-5H3. The third-order valence-electron chi connectivity index (χ3n) is 3.67. The van der Waals surface area contributed by atoms with E-state index < -0.39 is 8.32 Å². The summed E-state index contributed by atoms with van der Waals surface area (Å²) in [6, 6.07) is 5.26. The Labute approximate surface area is 126 Å². The first kappa shape index (κ1) is 17.0. The van der Waals surface area contributed by atoms with Gasteiger partial charge >= 0.3 is 0 Å². The number of aliphatic hydroxyl groups is 1. The van der Waals surface area contributed by atoms with Crippen molar-refractivity contribution in [3.63, 3.8) is 0 Å². The molecule has 1 aromatic carbocycles. The van der Waals surface area contributed by atoms with E-state index in [0.717, 1.165) is 5.56 Å². The van der Waals surface area contributed by atoms with Gasteiger partial charge < -0.3 is 9.53 Å². The van der Waals surface area contributed by atoms with Crippen LogP contribution in [0, 0.1) is 0 Å². The molecule has 0 amide bonds. The number of rotatable bonds is 4. The summed E-state index contributed by atoms with van der Waals surface area (Å²) in [6.45, 7) is 10.7. The van der Waals surface area contributed by atoms with Crippen LogP contribution in [0.1, 0.15) is 32.4 Å². The molecule has 108 valence electrons. The number of hydrogen-bond donors (Lipinski definition) is 1. The second kappa shape index (κ2) is 6.14. The fourth-order valence-electron chi connectivity index (χ4n) is 1.50. The maximum Gasteiger partial charge on any atom is 0.193 e. The Bertz CT molecular complexity index is 421. The van der Waals surface area contributed by atoms with Gasteiger partial charge in [0.2, 0.25) is 0 Å². The second-order valence-corrected chi connectivity index (χ2v) is 11.9. The largest absolute Gasteiger partial charge is 0.408 e. The van der Waals surface area contributed by atoms with E-state index >= 15 is 0 Å². The average Bonchev–Trinajstić information content (AvgIpc) is 2.22. The van der Waals surface area contributed by atoms with Gasteiger partial charge in [0.1, 0.15) is 0 Å². The molecule has 0 saturated heterocycles. The molecule has 1 N–H and O–H groups in total. The van der Waals surface area contributed by atoms with Gasteiger partial charge in [-0.25, -0.2) is 0 Å². The molecule has 0 spiro atoms. The van der Waals surface area contributed by atoms with Crippen molar-refractivity contribution in [2.75, 3.05) is 6.61 Å². The minimum Gasteiger partial charge on any atom is -0.408 e. The molecule has 0 heterocycles. The Kier molecular flexibility index (Phi) is 5.49. The zero-order chi connectivity index (χ0) is 14.8. The van der Waals surface area contributed by atoms with Crippen molar-refractivity contribution in [1.82, 2.24) is 0 Å². The highest BCUT2D eigenvalue weighted by Gasteiger charge is 2.39. The van der Waals surface area contributed by atoms with E-state index in [-0.39, 0.29) is 17.7 Å². The average molecular weight is 321 g/mol. The van der Waals surface area contributed by atoms with Crippen LogP contribution in [0.25, 0.3) is 0 Å². The smallest absolute Gasteiger partial charge is 0.193 e. The summed E-state index contributed by atoms with van der Waals surface area (Å²) in [5, 5.41) is 10.8. The number of benzene rings is 1. The molecule has 0 aromatic heterocycles. The van der Waals surface area contributed by atoms with Crippen LogP contribution in [0.3, 0.4) is 0 Å². The molecule has 19 heavy (non-hydrogen) atoms. The normalized spacial score (nSPS) is 14.5. The number of hydrogen-bond acceptors (Lipinski definition) is 2. The zero-order valence-corrected chi connectivity index (χ0v) is 14.6. The van der Waals surface area contributed by atoms with E-state index in [4.69, 9.17) is 27.6 Å². The maximum absolute atomic E-state index is 9.60. The highest BCUT2D eigenvalue weighted by Crippen LogP contribution is 2.40. The van der Waals surface area contributed by atoms with Crippen molar-refractivity contribution in [3.05, 3.63) is 33.8 Å². The molecule has 0 aliphatic heterocycles. The first-order chi connectivity index (χ1) is 8.56. The Morgan fingerprint density at radius 2 is 1.63 bits per heavy atom. The van der Waals surface area contributed by atoms with Gasteiger partial charge in [-0.1, -0.05) is 44.0 Å². The minimum atomic E-state index is -1.95. The monoisotopic (exact) mass is 320 g/mol. The first-order valence-electron chi connectivity index (χ1n) is 6.31. The molecule has 0 aliphatic carbocycles. The number of aliphatic hydroxyl groups excluding tert-OH is 1. The minimum absolute atomic E-state index is 0.0802. The predicted molar refractivity (Wildman–Crippen MR) is 84.6 cm³/mol. The fourth-order valence-corrected chi connectivity index (χ4v) is 3.32. The van der Waals surface area contributed by atoms with E-state index in [2.05, 4.69) is 33.9 Å². The van der Waals surface area contributed by atoms with Crippen molar-refractivity contribution >= 4 is 31.5 Å². The van der Waals surface area contributed by atoms with Crippen LogP contribution in [0.2, 0.25) is 28.2 Å². The molecule has 0 aliphatic rings. The van der Waals surface area contributed by atoms with Gasteiger partial charge in [-0.05, 0) is 41.9 Å². The summed E-state index contributed by atoms with van der Waals surface area (Å²) in [5.41, 5.74) is 0.824. The summed E-state index contributed by atoms with van der Waals surface area (Å²) >= 11 is 12.0. The Balaban J connectivity index is 3.02. The van der Waals surface area contributed by atoms with Gasteiger partial charge in [-0.15, -0.1) is 0 Å². The third-order valence-corrected chi connectivity index (χ3v) is 8.59. The van der Waals surface area contributed by atoms with Crippen molar-refractivity contribution in [1.29, 1.82) is 0 Å². The summed E-state index contributed by atoms with van der Waals surface area (Å²) in [4.78, 5) is 0. The van der Waals surface area contributed by atoms with Gasteiger partial charge in [0.25, 0.3) is 0 Å². The molecule has 1 unspecified atom stereocenters. The van der Waals surface area contributed by atoms with E-state index in [9.17, 15) is 5.11 Å². The Morgan fingerprint density at radius 1 is 1.16 bits per heavy atom. The molecule has 0 saturated carbocycles. The lowest BCUT2D eigenvalue weighted by Gasteiger charge is -2.39. The van der Waals surface area contributed by atoms with Crippen LogP contribution in [0.5, 0.6) is 0 Å². The molecule has 0 radical (unpaired) electrons.